The molecule has 100 valence electrons. The highest BCUT2D eigenvalue weighted by Crippen LogP contribution is 2.38. The van der Waals surface area contributed by atoms with E-state index >= 15 is 0 Å². The van der Waals surface area contributed by atoms with Crippen molar-refractivity contribution < 1.29 is 14.6 Å². The lowest BCUT2D eigenvalue weighted by Crippen LogP contribution is -1.92. The van der Waals surface area contributed by atoms with E-state index in [-0.39, 0.29) is 17.6 Å². The number of aromatic nitrogens is 1. The quantitative estimate of drug-likeness (QED) is 0.745. The molecule has 3 aromatic rings. The second kappa shape index (κ2) is 4.74. The Balaban J connectivity index is 2.14. The molecule has 1 heterocycles. The van der Waals surface area contributed by atoms with Gasteiger partial charge >= 0.3 is 0 Å². The zero-order chi connectivity index (χ0) is 14.1. The number of hydrogen-bond acceptors (Lipinski definition) is 2. The minimum atomic E-state index is -0.372. The van der Waals surface area contributed by atoms with Gasteiger partial charge < -0.3 is 10.2 Å². The molecule has 20 heavy (non-hydrogen) atoms. The zero-order valence-corrected chi connectivity index (χ0v) is 10.5. The average molecular weight is 269 g/mol. The van der Waals surface area contributed by atoms with Crippen LogP contribution in [0.4, 0.5) is 4.39 Å². The summed E-state index contributed by atoms with van der Waals surface area (Å²) in [4.78, 5) is 0. The highest BCUT2D eigenvalue weighted by Gasteiger charge is 2.16. The fourth-order valence-electron chi connectivity index (χ4n) is 2.16. The van der Waals surface area contributed by atoms with Gasteiger partial charge in [0.05, 0.1) is 5.69 Å². The highest BCUT2D eigenvalue weighted by molar-refractivity contribution is 5.72. The van der Waals surface area contributed by atoms with E-state index in [1.807, 2.05) is 30.3 Å². The predicted molar refractivity (Wildman–Crippen MR) is 74.5 cm³/mol. The normalized spacial score (nSPS) is 10.7. The molecule has 1 aromatic heterocycles. The molecular weight excluding hydrogens is 257 g/mol. The summed E-state index contributed by atoms with van der Waals surface area (Å²) in [6.07, 6.45) is 0. The Morgan fingerprint density at radius 3 is 2.15 bits per heavy atom. The van der Waals surface area contributed by atoms with Gasteiger partial charge in [0.25, 0.3) is 0 Å². The number of halogens is 1. The van der Waals surface area contributed by atoms with Crippen LogP contribution in [0.2, 0.25) is 0 Å². The molecule has 4 heteroatoms. The molecule has 0 saturated heterocycles. The van der Waals surface area contributed by atoms with Gasteiger partial charge in [-0.3, -0.25) is 4.57 Å². The van der Waals surface area contributed by atoms with Gasteiger partial charge in [-0.2, -0.15) is 0 Å². The fraction of sp³-hybridized carbons (Fsp3) is 0. The summed E-state index contributed by atoms with van der Waals surface area (Å²) < 4.78 is 14.2. The van der Waals surface area contributed by atoms with Crippen molar-refractivity contribution in [1.82, 2.24) is 4.57 Å². The van der Waals surface area contributed by atoms with Gasteiger partial charge in [0.1, 0.15) is 5.82 Å². The predicted octanol–water partition coefficient (Wildman–Crippen LogP) is 3.69. The molecule has 0 saturated carbocycles. The van der Waals surface area contributed by atoms with E-state index in [2.05, 4.69) is 0 Å². The number of aromatic hydroxyl groups is 2. The first-order chi connectivity index (χ1) is 9.66. The van der Waals surface area contributed by atoms with Crippen molar-refractivity contribution in [3.8, 4) is 28.6 Å². The summed E-state index contributed by atoms with van der Waals surface area (Å²) in [5.41, 5.74) is 1.80. The highest BCUT2D eigenvalue weighted by atomic mass is 19.1. The Morgan fingerprint density at radius 1 is 0.850 bits per heavy atom. The van der Waals surface area contributed by atoms with Crippen molar-refractivity contribution in [1.29, 1.82) is 0 Å². The molecule has 0 aliphatic rings. The lowest BCUT2D eigenvalue weighted by atomic mass is 10.1. The van der Waals surface area contributed by atoms with Crippen LogP contribution in [0.25, 0.3) is 16.8 Å². The van der Waals surface area contributed by atoms with E-state index in [0.29, 0.717) is 11.3 Å². The van der Waals surface area contributed by atoms with Crippen LogP contribution in [0.1, 0.15) is 0 Å². The Kier molecular flexibility index (Phi) is 2.91. The van der Waals surface area contributed by atoms with Gasteiger partial charge in [0.15, 0.2) is 5.88 Å². The summed E-state index contributed by atoms with van der Waals surface area (Å²) in [5.74, 6) is -0.559. The molecule has 0 aliphatic heterocycles. The lowest BCUT2D eigenvalue weighted by molar-refractivity contribution is 0.403. The average Bonchev–Trinajstić information content (AvgIpc) is 2.76. The smallest absolute Gasteiger partial charge is 0.206 e. The van der Waals surface area contributed by atoms with Crippen LogP contribution in [0.15, 0.2) is 60.7 Å². The molecule has 2 aromatic carbocycles. The summed E-state index contributed by atoms with van der Waals surface area (Å²) >= 11 is 0. The Bertz CT molecular complexity index is 733. The Morgan fingerprint density at radius 2 is 1.50 bits per heavy atom. The largest absolute Gasteiger partial charge is 0.494 e. The standard InChI is InChI=1S/C16H12FNO2/c17-12-6-8-13(9-7-12)18-15(19)10-14(16(18)20)11-4-2-1-3-5-11/h1-10,19-20H. The molecule has 0 amide bonds. The Hall–Kier alpha value is -2.75. The maximum Gasteiger partial charge on any atom is 0.206 e. The van der Waals surface area contributed by atoms with Gasteiger partial charge in [-0.05, 0) is 29.8 Å². The van der Waals surface area contributed by atoms with Crippen molar-refractivity contribution in [3.05, 3.63) is 66.5 Å². The van der Waals surface area contributed by atoms with Crippen molar-refractivity contribution in [2.24, 2.45) is 0 Å². The topological polar surface area (TPSA) is 45.4 Å². The first kappa shape index (κ1) is 12.3. The summed E-state index contributed by atoms with van der Waals surface area (Å²) in [7, 11) is 0. The van der Waals surface area contributed by atoms with Gasteiger partial charge in [0, 0.05) is 11.6 Å². The number of benzene rings is 2. The number of nitrogens with zero attached hydrogens (tertiary/aromatic N) is 1. The SMILES string of the molecule is Oc1cc(-c2ccccc2)c(O)n1-c1ccc(F)cc1. The third-order valence-electron chi connectivity index (χ3n) is 3.12. The van der Waals surface area contributed by atoms with Crippen molar-refractivity contribution in [3.63, 3.8) is 0 Å². The summed E-state index contributed by atoms with van der Waals surface area (Å²) in [6, 6.07) is 16.3. The molecule has 3 nitrogen and oxygen atoms in total. The third-order valence-corrected chi connectivity index (χ3v) is 3.12. The monoisotopic (exact) mass is 269 g/mol. The molecule has 0 unspecified atom stereocenters. The summed E-state index contributed by atoms with van der Waals surface area (Å²) in [5, 5.41) is 20.3. The van der Waals surface area contributed by atoms with Crippen LogP contribution in [-0.2, 0) is 0 Å². The molecular formula is C16H12FNO2. The van der Waals surface area contributed by atoms with E-state index in [1.54, 1.807) is 0 Å². The van der Waals surface area contributed by atoms with Gasteiger partial charge in [0.2, 0.25) is 5.88 Å². The molecule has 0 radical (unpaired) electrons. The molecule has 0 spiro atoms. The van der Waals surface area contributed by atoms with Gasteiger partial charge in [-0.1, -0.05) is 30.3 Å². The van der Waals surface area contributed by atoms with Crippen molar-refractivity contribution in [2.45, 2.75) is 0 Å². The first-order valence-corrected chi connectivity index (χ1v) is 6.12. The molecule has 0 aliphatic carbocycles. The summed E-state index contributed by atoms with van der Waals surface area (Å²) in [6.45, 7) is 0. The second-order valence-electron chi connectivity index (χ2n) is 4.42. The minimum absolute atomic E-state index is 0.0830. The van der Waals surface area contributed by atoms with E-state index in [4.69, 9.17) is 0 Å². The Labute approximate surface area is 115 Å². The van der Waals surface area contributed by atoms with E-state index in [1.165, 1.54) is 34.9 Å². The maximum absolute atomic E-state index is 12.9. The molecule has 0 bridgehead atoms. The van der Waals surface area contributed by atoms with Crippen LogP contribution in [0, 0.1) is 5.82 Å². The van der Waals surface area contributed by atoms with Crippen molar-refractivity contribution >= 4 is 0 Å². The van der Waals surface area contributed by atoms with Gasteiger partial charge in [-0.25, -0.2) is 4.39 Å². The van der Waals surface area contributed by atoms with Crippen LogP contribution in [0.3, 0.4) is 0 Å². The molecule has 3 rings (SSSR count). The zero-order valence-electron chi connectivity index (χ0n) is 10.5. The molecule has 0 fully saturated rings. The van der Waals surface area contributed by atoms with Gasteiger partial charge in [-0.15, -0.1) is 0 Å². The number of rotatable bonds is 2. The van der Waals surface area contributed by atoms with Crippen LogP contribution in [0.5, 0.6) is 11.8 Å². The van der Waals surface area contributed by atoms with Crippen LogP contribution >= 0.6 is 0 Å². The second-order valence-corrected chi connectivity index (χ2v) is 4.42. The fourth-order valence-corrected chi connectivity index (χ4v) is 2.16. The molecule has 0 atom stereocenters. The number of hydrogen-bond donors (Lipinski definition) is 2. The lowest BCUT2D eigenvalue weighted by Gasteiger charge is -2.07. The molecule has 2 N–H and O–H groups in total. The maximum atomic E-state index is 12.9. The van der Waals surface area contributed by atoms with E-state index in [0.717, 1.165) is 5.56 Å². The van der Waals surface area contributed by atoms with Crippen LogP contribution < -0.4 is 0 Å². The van der Waals surface area contributed by atoms with Crippen LogP contribution in [-0.4, -0.2) is 14.8 Å². The third kappa shape index (κ3) is 2.01. The van der Waals surface area contributed by atoms with E-state index in [9.17, 15) is 14.6 Å². The van der Waals surface area contributed by atoms with E-state index < -0.39 is 0 Å². The first-order valence-electron chi connectivity index (χ1n) is 6.12. The van der Waals surface area contributed by atoms with Crippen molar-refractivity contribution in [2.75, 3.05) is 0 Å². The minimum Gasteiger partial charge on any atom is -0.494 e.